The van der Waals surface area contributed by atoms with Crippen molar-refractivity contribution in [1.82, 2.24) is 75.4 Å². The summed E-state index contributed by atoms with van der Waals surface area (Å²) in [6.45, 7) is 5.76. The van der Waals surface area contributed by atoms with Crippen molar-refractivity contribution >= 4 is 84.2 Å². The largest absolute Gasteiger partial charge is 0.391 e. The molecular weight excluding hydrogens is 1290 g/mol. The summed E-state index contributed by atoms with van der Waals surface area (Å²) in [6, 6.07) is 39.5. The number of rotatable bonds is 20. The van der Waals surface area contributed by atoms with Gasteiger partial charge in [-0.25, -0.2) is 52.7 Å². The molecule has 4 aliphatic carbocycles. The average Bonchev–Trinajstić information content (AvgIpc) is 1.51. The van der Waals surface area contributed by atoms with E-state index in [1.54, 1.807) is 42.9 Å². The number of aliphatic hydroxyl groups excluding tert-OH is 1. The number of H-pyrrole nitrogens is 4. The maximum Gasteiger partial charge on any atom is 0.184 e. The molecule has 3 aromatic carbocycles. The summed E-state index contributed by atoms with van der Waals surface area (Å²) in [5.74, 6) is 8.54. The molecule has 0 spiro atoms. The molecule has 27 heteroatoms. The lowest BCUT2D eigenvalue weighted by molar-refractivity contribution is 0.285. The van der Waals surface area contributed by atoms with E-state index in [1.807, 2.05) is 110 Å². The number of anilines is 8. The fraction of sp³-hybridized carbons (Fsp3) is 0.229. The average molecular weight is 1360 g/mol. The van der Waals surface area contributed by atoms with Crippen molar-refractivity contribution in [3.8, 4) is 50.9 Å². The number of benzene rings is 3. The van der Waals surface area contributed by atoms with E-state index in [9.17, 15) is 12.8 Å². The Morgan fingerprint density at radius 2 is 1.16 bits per heavy atom. The van der Waals surface area contributed by atoms with Crippen LogP contribution in [0.2, 0.25) is 0 Å². The van der Waals surface area contributed by atoms with Crippen LogP contribution >= 0.6 is 22.9 Å². The van der Waals surface area contributed by atoms with Crippen LogP contribution in [0.25, 0.3) is 49.9 Å². The van der Waals surface area contributed by atoms with E-state index in [0.717, 1.165) is 66.3 Å². The quantitative estimate of drug-likeness (QED) is 0.0342. The monoisotopic (exact) mass is 1360 g/mol. The number of aromatic amines is 4. The minimum Gasteiger partial charge on any atom is -0.391 e. The van der Waals surface area contributed by atoms with Crippen molar-refractivity contribution < 1.29 is 25.0 Å². The molecule has 4 saturated carbocycles. The lowest BCUT2D eigenvalue weighted by Crippen LogP contribution is -2.01. The Morgan fingerprint density at radius 1 is 0.629 bits per heavy atom. The van der Waals surface area contributed by atoms with Gasteiger partial charge in [0.15, 0.2) is 62.2 Å². The van der Waals surface area contributed by atoms with E-state index >= 15 is 0 Å². The highest BCUT2D eigenvalue weighted by Gasteiger charge is 2.29. The summed E-state index contributed by atoms with van der Waals surface area (Å²) < 4.78 is 37.3. The van der Waals surface area contributed by atoms with Gasteiger partial charge in [0.05, 0.1) is 46.3 Å². The smallest absolute Gasteiger partial charge is 0.184 e. The van der Waals surface area contributed by atoms with Crippen LogP contribution in [-0.2, 0) is 22.9 Å². The van der Waals surface area contributed by atoms with Crippen LogP contribution in [-0.4, -0.2) is 95.2 Å². The zero-order chi connectivity index (χ0) is 67.0. The summed E-state index contributed by atoms with van der Waals surface area (Å²) in [5.41, 5.74) is 10.4. The zero-order valence-electron chi connectivity index (χ0n) is 52.7. The lowest BCUT2D eigenvalue weighted by atomic mass is 10.1. The molecule has 0 amide bonds. The molecule has 0 aliphatic heterocycles. The Kier molecular flexibility index (Phi) is 19.4. The molecule has 500 valence electrons. The van der Waals surface area contributed by atoms with Gasteiger partial charge in [-0.1, -0.05) is 72.8 Å². The van der Waals surface area contributed by atoms with Gasteiger partial charge in [-0.2, -0.15) is 20.6 Å². The normalized spacial score (nSPS) is 13.9. The number of halogens is 2. The van der Waals surface area contributed by atoms with Crippen LogP contribution < -0.4 is 21.3 Å². The Labute approximate surface area is 574 Å². The number of aromatic nitrogens is 15. The molecule has 0 unspecified atom stereocenters. The number of sulfone groups is 1. The third-order valence-electron chi connectivity index (χ3n) is 16.1. The third kappa shape index (κ3) is 17.0. The highest BCUT2D eigenvalue weighted by molar-refractivity contribution is 7.90. The van der Waals surface area contributed by atoms with Gasteiger partial charge in [0, 0.05) is 129 Å². The predicted molar refractivity (Wildman–Crippen MR) is 384 cm³/mol. The molecule has 0 saturated heterocycles. The molecule has 9 N–H and O–H groups in total. The summed E-state index contributed by atoms with van der Waals surface area (Å²) in [4.78, 5) is 40.4. The van der Waals surface area contributed by atoms with Gasteiger partial charge >= 0.3 is 0 Å². The molecule has 9 heterocycles. The Hall–Kier alpha value is -10.9. The molecule has 16 rings (SSSR count). The minimum absolute atomic E-state index is 0. The number of nitrogens with zero attached hydrogens (tertiary/aromatic N) is 12. The van der Waals surface area contributed by atoms with E-state index in [0.29, 0.717) is 87.3 Å². The SMILES string of the molecule is C=C(Cl)c1cnc(-c2ccccc2)nc1Nc1cc(C2CC2)[nH]n1.Cc1cnc(-c2ccc(S(C)(=O)=O)cc2)nc1Nc1cc(C2CC2)[nH]n1.N#CCc1ccc(-c2ncc(F)c(Nc3c[nH]c(C4CC4)c3)n2)cc1.OCc1ccc(-c2nccc(Nc3cc(C4CC4)[nH]n3)n2)s1.[HH].[HH].[HH].[HH].[HH]. The van der Waals surface area contributed by atoms with Gasteiger partial charge < -0.3 is 31.4 Å². The van der Waals surface area contributed by atoms with Crippen molar-refractivity contribution in [1.29, 1.82) is 5.26 Å². The Balaban J connectivity index is 0.000000170. The topological polar surface area (TPSA) is 331 Å². The maximum atomic E-state index is 14.1. The van der Waals surface area contributed by atoms with Crippen LogP contribution in [0.4, 0.5) is 50.8 Å². The van der Waals surface area contributed by atoms with E-state index in [-0.39, 0.29) is 24.5 Å². The van der Waals surface area contributed by atoms with Crippen LogP contribution in [0.15, 0.2) is 164 Å². The molecule has 0 atom stereocenters. The van der Waals surface area contributed by atoms with Gasteiger partial charge in [-0.15, -0.1) is 11.3 Å². The van der Waals surface area contributed by atoms with Crippen molar-refractivity contribution in [2.24, 2.45) is 0 Å². The number of hydrogen-bond acceptors (Lipinski definition) is 20. The molecule has 12 aromatic rings. The third-order valence-corrected chi connectivity index (χ3v) is 18.5. The fourth-order valence-corrected chi connectivity index (χ4v) is 11.8. The molecule has 97 heavy (non-hydrogen) atoms. The van der Waals surface area contributed by atoms with E-state index < -0.39 is 15.7 Å². The number of aliphatic hydroxyl groups is 1. The van der Waals surface area contributed by atoms with Gasteiger partial charge in [-0.05, 0) is 118 Å². The van der Waals surface area contributed by atoms with Crippen LogP contribution in [0.1, 0.15) is 127 Å². The van der Waals surface area contributed by atoms with E-state index in [1.165, 1.54) is 86.5 Å². The molecule has 23 nitrogen and oxygen atoms in total. The van der Waals surface area contributed by atoms with Crippen molar-refractivity contribution in [3.63, 3.8) is 0 Å². The second-order valence-electron chi connectivity index (χ2n) is 23.9. The van der Waals surface area contributed by atoms with Crippen LogP contribution in [0.5, 0.6) is 0 Å². The van der Waals surface area contributed by atoms with E-state index in [2.05, 4.69) is 109 Å². The lowest BCUT2D eigenvalue weighted by Gasteiger charge is -2.10. The molecule has 4 aliphatic rings. The van der Waals surface area contributed by atoms with Crippen molar-refractivity contribution in [2.75, 3.05) is 27.5 Å². The maximum absolute atomic E-state index is 14.1. The minimum atomic E-state index is -3.22. The number of thiophene rings is 1. The first-order valence-corrected chi connectivity index (χ1v) is 34.6. The number of nitriles is 1. The molecular formula is C70H76ClFN20O3S2. The van der Waals surface area contributed by atoms with Crippen LogP contribution in [0.3, 0.4) is 0 Å². The second-order valence-corrected chi connectivity index (χ2v) is 27.6. The highest BCUT2D eigenvalue weighted by Crippen LogP contribution is 2.43. The summed E-state index contributed by atoms with van der Waals surface area (Å²) in [5, 5.41) is 53.0. The number of aryl methyl sites for hydroxylation is 1. The second kappa shape index (κ2) is 29.0. The van der Waals surface area contributed by atoms with Gasteiger partial charge in [-0.3, -0.25) is 15.3 Å². The standard InChI is InChI=1S/C19H16FN5.C18H16ClN5.C18H19N5O2S.C15H15N5OS.5H2/c20-16-11-23-18(14-3-1-12(2-4-14)7-8-21)25-19(16)24-15-9-17(22-10-15)13-5-6-13;1-11(19)14-10-20-17(13-5-3-2-4-6-13)22-18(14)21-16-9-15(23-24-16)12-7-8-12;1-11-10-19-18(13-5-7-14(8-6-13)26(2,24)25)21-17(11)20-16-9-15(22-23-16)12-3-4-12;21-8-10-3-4-12(22-10)15-16-6-5-13(18-15)17-14-7-11(19-20-14)9-1-2-9;;;;;/h1-4,9-11,13,22H,5-7H2,(H,23,24,25);2-6,9-10,12H,1,7-8H2,(H2,20,21,22,23,24);5-10,12H,3-4H2,1-2H3,(H2,19,20,21,22,23);3-7,9,21H,1-2,8H2,(H2,16,17,18,19,20);5*1H. The summed E-state index contributed by atoms with van der Waals surface area (Å²) in [6.07, 6.45) is 19.4. The Morgan fingerprint density at radius 3 is 1.73 bits per heavy atom. The Bertz CT molecular complexity index is 4930. The van der Waals surface area contributed by atoms with Gasteiger partial charge in [0.2, 0.25) is 0 Å². The predicted octanol–water partition coefficient (Wildman–Crippen LogP) is 16.5. The molecule has 9 aromatic heterocycles. The first-order chi connectivity index (χ1) is 47.1. The van der Waals surface area contributed by atoms with Gasteiger partial charge in [0.1, 0.15) is 17.5 Å². The molecule has 0 radical (unpaired) electrons. The number of nitrogens with one attached hydrogen (secondary N) is 8. The first-order valence-electron chi connectivity index (χ1n) is 31.5. The number of hydrogen-bond donors (Lipinski definition) is 9. The first kappa shape index (κ1) is 64.8. The van der Waals surface area contributed by atoms with Gasteiger partial charge in [0.25, 0.3) is 0 Å². The molecule has 4 fully saturated rings. The fourth-order valence-electron chi connectivity index (χ4n) is 10.2. The summed E-state index contributed by atoms with van der Waals surface area (Å²) in [7, 11) is -3.22. The zero-order valence-corrected chi connectivity index (χ0v) is 55.1. The van der Waals surface area contributed by atoms with Crippen LogP contribution in [0, 0.1) is 24.1 Å². The van der Waals surface area contributed by atoms with E-state index in [4.69, 9.17) is 22.0 Å². The highest BCUT2D eigenvalue weighted by atomic mass is 35.5. The summed E-state index contributed by atoms with van der Waals surface area (Å²) >= 11 is 7.59. The van der Waals surface area contributed by atoms with Crippen molar-refractivity contribution in [2.45, 2.75) is 99.9 Å². The molecule has 0 bridgehead atoms. The van der Waals surface area contributed by atoms with Crippen molar-refractivity contribution in [3.05, 3.63) is 209 Å².